The molecule has 0 radical (unpaired) electrons. The van der Waals surface area contributed by atoms with E-state index in [2.05, 4.69) is 41.8 Å². The molecule has 0 aliphatic heterocycles. The van der Waals surface area contributed by atoms with Gasteiger partial charge in [0.1, 0.15) is 0 Å². The highest BCUT2D eigenvalue weighted by atomic mass is 16.1. The van der Waals surface area contributed by atoms with Gasteiger partial charge in [0.05, 0.1) is 0 Å². The van der Waals surface area contributed by atoms with E-state index in [9.17, 15) is 9.59 Å². The van der Waals surface area contributed by atoms with Crippen LogP contribution < -0.4 is 10.6 Å². The van der Waals surface area contributed by atoms with Gasteiger partial charge in [-0.05, 0) is 43.7 Å². The minimum atomic E-state index is -0.0445. The number of hydrogen-bond acceptors (Lipinski definition) is 3. The Morgan fingerprint density at radius 2 is 1.61 bits per heavy atom. The Balaban J connectivity index is 1.70. The third-order valence-corrected chi connectivity index (χ3v) is 3.55. The van der Waals surface area contributed by atoms with E-state index in [1.807, 2.05) is 0 Å². The summed E-state index contributed by atoms with van der Waals surface area (Å²) in [5.74, 6) is -0.0276. The van der Waals surface area contributed by atoms with Crippen molar-refractivity contribution in [2.45, 2.75) is 26.8 Å². The first-order valence-electron chi connectivity index (χ1n) is 7.72. The fourth-order valence-electron chi connectivity index (χ4n) is 2.15. The second-order valence-electron chi connectivity index (χ2n) is 5.59. The van der Waals surface area contributed by atoms with E-state index in [0.717, 1.165) is 6.54 Å². The van der Waals surface area contributed by atoms with Gasteiger partial charge >= 0.3 is 0 Å². The lowest BCUT2D eigenvalue weighted by Gasteiger charge is -2.07. The second kappa shape index (κ2) is 8.25. The lowest BCUT2D eigenvalue weighted by atomic mass is 10.1. The highest BCUT2D eigenvalue weighted by molar-refractivity contribution is 5.95. The molecule has 2 rings (SSSR count). The summed E-state index contributed by atoms with van der Waals surface area (Å²) in [6.07, 6.45) is 0.403. The van der Waals surface area contributed by atoms with Crippen molar-refractivity contribution in [3.8, 4) is 0 Å². The van der Waals surface area contributed by atoms with E-state index < -0.39 is 0 Å². The highest BCUT2D eigenvalue weighted by Crippen LogP contribution is 2.10. The van der Waals surface area contributed by atoms with Crippen molar-refractivity contribution in [1.82, 2.24) is 5.32 Å². The van der Waals surface area contributed by atoms with E-state index >= 15 is 0 Å². The Bertz CT molecular complexity index is 661. The molecule has 4 nitrogen and oxygen atoms in total. The third kappa shape index (κ3) is 5.68. The van der Waals surface area contributed by atoms with Crippen molar-refractivity contribution >= 4 is 17.4 Å². The molecule has 2 aromatic rings. The van der Waals surface area contributed by atoms with Crippen LogP contribution in [0.3, 0.4) is 0 Å². The van der Waals surface area contributed by atoms with Gasteiger partial charge in [-0.2, -0.15) is 0 Å². The Labute approximate surface area is 136 Å². The number of ketones is 1. The molecular weight excluding hydrogens is 288 g/mol. The summed E-state index contributed by atoms with van der Waals surface area (Å²) in [5, 5.41) is 6.08. The lowest BCUT2D eigenvalue weighted by Crippen LogP contribution is -2.21. The first-order valence-corrected chi connectivity index (χ1v) is 7.72. The molecule has 0 aromatic heterocycles. The predicted molar refractivity (Wildman–Crippen MR) is 92.6 cm³/mol. The van der Waals surface area contributed by atoms with E-state index in [1.165, 1.54) is 18.1 Å². The average Bonchev–Trinajstić information content (AvgIpc) is 2.54. The number of benzene rings is 2. The summed E-state index contributed by atoms with van der Waals surface area (Å²) in [6, 6.07) is 15.2. The number of aryl methyl sites for hydroxylation is 1. The van der Waals surface area contributed by atoms with E-state index in [4.69, 9.17) is 0 Å². The quantitative estimate of drug-likeness (QED) is 0.609. The SMILES string of the molecule is CC(=O)c1ccc(NC(=O)CCNCc2ccc(C)cc2)cc1. The molecule has 0 saturated heterocycles. The van der Waals surface area contributed by atoms with Crippen LogP contribution in [0.1, 0.15) is 34.8 Å². The molecule has 120 valence electrons. The topological polar surface area (TPSA) is 58.2 Å². The van der Waals surface area contributed by atoms with Gasteiger partial charge in [0.2, 0.25) is 5.91 Å². The minimum absolute atomic E-state index is 0.0168. The fraction of sp³-hybridized carbons (Fsp3) is 0.263. The standard InChI is InChI=1S/C19H22N2O2/c1-14-3-5-16(6-4-14)13-20-12-11-19(23)21-18-9-7-17(8-10-18)15(2)22/h3-10,20H,11-13H2,1-2H3,(H,21,23). The molecule has 0 aliphatic carbocycles. The van der Waals surface area contributed by atoms with Crippen molar-refractivity contribution in [3.63, 3.8) is 0 Å². The largest absolute Gasteiger partial charge is 0.326 e. The molecular formula is C19H22N2O2. The van der Waals surface area contributed by atoms with Crippen LogP contribution in [0.25, 0.3) is 0 Å². The summed E-state index contributed by atoms with van der Waals surface area (Å²) < 4.78 is 0. The lowest BCUT2D eigenvalue weighted by molar-refractivity contribution is -0.116. The predicted octanol–water partition coefficient (Wildman–Crippen LogP) is 3.32. The van der Waals surface area contributed by atoms with E-state index in [0.29, 0.717) is 24.2 Å². The van der Waals surface area contributed by atoms with Crippen molar-refractivity contribution in [3.05, 3.63) is 65.2 Å². The fourth-order valence-corrected chi connectivity index (χ4v) is 2.15. The molecule has 1 amide bonds. The molecule has 0 spiro atoms. The van der Waals surface area contributed by atoms with Crippen LogP contribution in [0.15, 0.2) is 48.5 Å². The van der Waals surface area contributed by atoms with Crippen molar-refractivity contribution in [2.24, 2.45) is 0 Å². The van der Waals surface area contributed by atoms with Crippen molar-refractivity contribution in [2.75, 3.05) is 11.9 Å². The van der Waals surface area contributed by atoms with Gasteiger partial charge in [-0.3, -0.25) is 9.59 Å². The van der Waals surface area contributed by atoms with Crippen molar-refractivity contribution < 1.29 is 9.59 Å². The highest BCUT2D eigenvalue weighted by Gasteiger charge is 2.03. The van der Waals surface area contributed by atoms with Gasteiger partial charge < -0.3 is 10.6 Å². The molecule has 0 fully saturated rings. The summed E-state index contributed by atoms with van der Waals surface area (Å²) in [7, 11) is 0. The molecule has 2 aromatic carbocycles. The number of Topliss-reactive ketones (excluding diaryl/α,β-unsaturated/α-hetero) is 1. The smallest absolute Gasteiger partial charge is 0.225 e. The van der Waals surface area contributed by atoms with Gasteiger partial charge in [0.25, 0.3) is 0 Å². The van der Waals surface area contributed by atoms with Gasteiger partial charge in [-0.1, -0.05) is 29.8 Å². The van der Waals surface area contributed by atoms with E-state index in [1.54, 1.807) is 24.3 Å². The summed E-state index contributed by atoms with van der Waals surface area (Å²) in [4.78, 5) is 23.1. The van der Waals surface area contributed by atoms with Gasteiger partial charge in [-0.15, -0.1) is 0 Å². The number of hydrogen-bond donors (Lipinski definition) is 2. The van der Waals surface area contributed by atoms with Crippen LogP contribution in [-0.2, 0) is 11.3 Å². The zero-order chi connectivity index (χ0) is 16.7. The Hall–Kier alpha value is -2.46. The second-order valence-corrected chi connectivity index (χ2v) is 5.59. The van der Waals surface area contributed by atoms with Crippen LogP contribution in [0.2, 0.25) is 0 Å². The van der Waals surface area contributed by atoms with Gasteiger partial charge in [0, 0.05) is 30.8 Å². The Morgan fingerprint density at radius 3 is 2.22 bits per heavy atom. The van der Waals surface area contributed by atoms with Crippen LogP contribution >= 0.6 is 0 Å². The molecule has 23 heavy (non-hydrogen) atoms. The molecule has 0 aliphatic rings. The monoisotopic (exact) mass is 310 g/mol. The maximum atomic E-state index is 11.9. The number of nitrogens with one attached hydrogen (secondary N) is 2. The molecule has 0 unspecified atom stereocenters. The number of rotatable bonds is 7. The maximum absolute atomic E-state index is 11.9. The zero-order valence-electron chi connectivity index (χ0n) is 13.6. The maximum Gasteiger partial charge on any atom is 0.225 e. The minimum Gasteiger partial charge on any atom is -0.326 e. The van der Waals surface area contributed by atoms with E-state index in [-0.39, 0.29) is 11.7 Å². The normalized spacial score (nSPS) is 10.3. The van der Waals surface area contributed by atoms with Crippen LogP contribution in [-0.4, -0.2) is 18.2 Å². The number of anilines is 1. The number of carbonyl (C=O) groups excluding carboxylic acids is 2. The summed E-state index contributed by atoms with van der Waals surface area (Å²) in [6.45, 7) is 4.95. The Kier molecular flexibility index (Phi) is 6.06. The van der Waals surface area contributed by atoms with Crippen LogP contribution in [0.5, 0.6) is 0 Å². The van der Waals surface area contributed by atoms with Crippen molar-refractivity contribution in [1.29, 1.82) is 0 Å². The molecule has 2 N–H and O–H groups in total. The summed E-state index contributed by atoms with van der Waals surface area (Å²) >= 11 is 0. The third-order valence-electron chi connectivity index (χ3n) is 3.55. The van der Waals surface area contributed by atoms with Crippen LogP contribution in [0.4, 0.5) is 5.69 Å². The summed E-state index contributed by atoms with van der Waals surface area (Å²) in [5.41, 5.74) is 3.79. The van der Waals surface area contributed by atoms with Gasteiger partial charge in [0.15, 0.2) is 5.78 Å². The molecule has 4 heteroatoms. The first kappa shape index (κ1) is 16.9. The Morgan fingerprint density at radius 1 is 0.957 bits per heavy atom. The van der Waals surface area contributed by atoms with Gasteiger partial charge in [-0.25, -0.2) is 0 Å². The molecule has 0 heterocycles. The molecule has 0 saturated carbocycles. The average molecular weight is 310 g/mol. The van der Waals surface area contributed by atoms with Crippen LogP contribution in [0, 0.1) is 6.92 Å². The number of amides is 1. The first-order chi connectivity index (χ1) is 11.0. The molecule has 0 bridgehead atoms. The molecule has 0 atom stereocenters. The number of carbonyl (C=O) groups is 2. The zero-order valence-corrected chi connectivity index (χ0v) is 13.6.